The van der Waals surface area contributed by atoms with Crippen molar-refractivity contribution in [2.45, 2.75) is 46.1 Å². The highest BCUT2D eigenvalue weighted by Crippen LogP contribution is 2.42. The lowest BCUT2D eigenvalue weighted by atomic mass is 9.93. The Kier molecular flexibility index (Phi) is 8.39. The highest BCUT2D eigenvalue weighted by molar-refractivity contribution is 8.14. The molecule has 32 heavy (non-hydrogen) atoms. The van der Waals surface area contributed by atoms with Gasteiger partial charge < -0.3 is 14.2 Å². The molecule has 172 valence electrons. The van der Waals surface area contributed by atoms with Gasteiger partial charge >= 0.3 is 5.97 Å². The number of rotatable bonds is 10. The van der Waals surface area contributed by atoms with E-state index in [9.17, 15) is 9.59 Å². The summed E-state index contributed by atoms with van der Waals surface area (Å²) in [7, 11) is 0. The second-order valence-corrected chi connectivity index (χ2v) is 8.45. The molecule has 0 spiro atoms. The van der Waals surface area contributed by atoms with Crippen molar-refractivity contribution in [2.75, 3.05) is 25.6 Å². The van der Waals surface area contributed by atoms with Crippen molar-refractivity contribution in [2.24, 2.45) is 4.99 Å². The van der Waals surface area contributed by atoms with Crippen molar-refractivity contribution in [3.63, 3.8) is 0 Å². The Labute approximate surface area is 193 Å². The maximum atomic E-state index is 13.0. The van der Waals surface area contributed by atoms with E-state index < -0.39 is 12.0 Å². The monoisotopic (exact) mass is 458 g/mol. The second-order valence-electron chi connectivity index (χ2n) is 7.39. The lowest BCUT2D eigenvalue weighted by Crippen LogP contribution is -2.45. The molecule has 0 N–H and O–H groups in total. The van der Waals surface area contributed by atoms with Crippen LogP contribution in [0, 0.1) is 0 Å². The largest absolute Gasteiger partial charge is 0.490 e. The average molecular weight is 459 g/mol. The van der Waals surface area contributed by atoms with Crippen molar-refractivity contribution >= 4 is 28.8 Å². The number of amides is 1. The van der Waals surface area contributed by atoms with Gasteiger partial charge in [-0.15, -0.1) is 0 Å². The first kappa shape index (κ1) is 23.9. The maximum absolute atomic E-state index is 13.0. The van der Waals surface area contributed by atoms with Crippen molar-refractivity contribution in [3.8, 4) is 11.5 Å². The van der Waals surface area contributed by atoms with Crippen molar-refractivity contribution in [1.29, 1.82) is 0 Å². The van der Waals surface area contributed by atoms with E-state index in [1.807, 2.05) is 25.1 Å². The second kappa shape index (κ2) is 11.2. The van der Waals surface area contributed by atoms with Crippen LogP contribution in [0.5, 0.6) is 11.5 Å². The predicted molar refractivity (Wildman–Crippen MR) is 126 cm³/mol. The number of unbranched alkanes of at least 4 members (excludes halogenated alkanes) is 1. The van der Waals surface area contributed by atoms with Crippen LogP contribution in [-0.4, -0.2) is 47.5 Å². The van der Waals surface area contributed by atoms with Gasteiger partial charge in [-0.2, -0.15) is 0 Å². The Bertz CT molecular complexity index is 940. The summed E-state index contributed by atoms with van der Waals surface area (Å²) in [4.78, 5) is 32.1. The number of aliphatic imine (C=N–C) groups is 1. The molecule has 2 heterocycles. The first-order chi connectivity index (χ1) is 15.5. The molecule has 3 rings (SSSR count). The molecule has 1 fully saturated rings. The van der Waals surface area contributed by atoms with E-state index in [0.717, 1.165) is 18.4 Å². The molecule has 0 radical (unpaired) electrons. The summed E-state index contributed by atoms with van der Waals surface area (Å²) in [6.45, 7) is 10.5. The van der Waals surface area contributed by atoms with Gasteiger partial charge in [0.15, 0.2) is 16.7 Å². The Morgan fingerprint density at radius 3 is 2.84 bits per heavy atom. The van der Waals surface area contributed by atoms with Crippen LogP contribution in [0.2, 0.25) is 0 Å². The van der Waals surface area contributed by atoms with E-state index in [4.69, 9.17) is 14.2 Å². The standard InChI is InChI=1S/C24H30N2O5S/c1-5-8-13-30-18-10-9-17(15-19(18)29-7-3)22-21(23(28)31-12-6-2)16(4)25-24-26(22)20(27)11-14-32-24/h6,9-10,15,22H,2,5,7-8,11-14H2,1,3-4H3. The Morgan fingerprint density at radius 2 is 2.12 bits per heavy atom. The lowest BCUT2D eigenvalue weighted by molar-refractivity contribution is -0.139. The third-order valence-electron chi connectivity index (χ3n) is 5.10. The first-order valence-electron chi connectivity index (χ1n) is 10.9. The number of carbonyl (C=O) groups excluding carboxylic acids is 2. The van der Waals surface area contributed by atoms with Gasteiger partial charge in [-0.05, 0) is 38.0 Å². The highest BCUT2D eigenvalue weighted by Gasteiger charge is 2.42. The van der Waals surface area contributed by atoms with E-state index in [-0.39, 0.29) is 12.5 Å². The molecule has 1 atom stereocenters. The minimum absolute atomic E-state index is 0.0738. The molecule has 2 aliphatic rings. The number of nitrogens with zero attached hydrogens (tertiary/aromatic N) is 2. The van der Waals surface area contributed by atoms with Crippen LogP contribution in [0.25, 0.3) is 0 Å². The number of benzene rings is 1. The molecule has 1 saturated heterocycles. The van der Waals surface area contributed by atoms with Crippen molar-refractivity contribution in [1.82, 2.24) is 4.90 Å². The van der Waals surface area contributed by atoms with Gasteiger partial charge in [-0.1, -0.05) is 43.8 Å². The van der Waals surface area contributed by atoms with Crippen LogP contribution < -0.4 is 9.47 Å². The predicted octanol–water partition coefficient (Wildman–Crippen LogP) is 4.64. The SMILES string of the molecule is C=CCOC(=O)C1=C(C)N=C2SCCC(=O)N2C1c1ccc(OCCCC)c(OCC)c1. The molecular formula is C24H30N2O5S. The average Bonchev–Trinajstić information content (AvgIpc) is 2.78. The minimum atomic E-state index is -0.649. The summed E-state index contributed by atoms with van der Waals surface area (Å²) >= 11 is 1.51. The van der Waals surface area contributed by atoms with Crippen LogP contribution in [0.1, 0.15) is 51.6 Å². The number of hydrogen-bond donors (Lipinski definition) is 0. The third-order valence-corrected chi connectivity index (χ3v) is 6.05. The quantitative estimate of drug-likeness (QED) is 0.289. The summed E-state index contributed by atoms with van der Waals surface area (Å²) in [6, 6.07) is 4.91. The van der Waals surface area contributed by atoms with Gasteiger partial charge in [0, 0.05) is 12.2 Å². The lowest BCUT2D eigenvalue weighted by Gasteiger charge is -2.39. The fraction of sp³-hybridized carbons (Fsp3) is 0.458. The number of hydrogen-bond acceptors (Lipinski definition) is 7. The summed E-state index contributed by atoms with van der Waals surface area (Å²) in [6.07, 6.45) is 3.86. The zero-order valence-corrected chi connectivity index (χ0v) is 19.7. The summed E-state index contributed by atoms with van der Waals surface area (Å²) in [5, 5.41) is 0.602. The maximum Gasteiger partial charge on any atom is 0.338 e. The van der Waals surface area contributed by atoms with E-state index >= 15 is 0 Å². The number of carbonyl (C=O) groups is 2. The first-order valence-corrected chi connectivity index (χ1v) is 11.9. The normalized spacial score (nSPS) is 18.1. The summed E-state index contributed by atoms with van der Waals surface area (Å²) in [5.41, 5.74) is 1.62. The molecule has 0 aromatic heterocycles. The van der Waals surface area contributed by atoms with Gasteiger partial charge in [0.2, 0.25) is 5.91 Å². The van der Waals surface area contributed by atoms with E-state index in [2.05, 4.69) is 18.5 Å². The highest BCUT2D eigenvalue weighted by atomic mass is 32.2. The summed E-state index contributed by atoms with van der Waals surface area (Å²) in [5.74, 6) is 1.30. The summed E-state index contributed by atoms with van der Waals surface area (Å²) < 4.78 is 17.1. The smallest absolute Gasteiger partial charge is 0.338 e. The Morgan fingerprint density at radius 1 is 1.31 bits per heavy atom. The molecule has 1 aromatic carbocycles. The minimum Gasteiger partial charge on any atom is -0.490 e. The van der Waals surface area contributed by atoms with E-state index in [1.54, 1.807) is 11.8 Å². The molecule has 1 unspecified atom stereocenters. The Balaban J connectivity index is 2.06. The van der Waals surface area contributed by atoms with Crippen molar-refractivity contribution in [3.05, 3.63) is 47.7 Å². The fourth-order valence-corrected chi connectivity index (χ4v) is 4.60. The zero-order valence-electron chi connectivity index (χ0n) is 18.9. The number of esters is 1. The van der Waals surface area contributed by atoms with Gasteiger partial charge in [0.1, 0.15) is 6.61 Å². The molecule has 0 bridgehead atoms. The molecule has 7 nitrogen and oxygen atoms in total. The van der Waals surface area contributed by atoms with Crippen LogP contribution in [-0.2, 0) is 14.3 Å². The molecule has 0 saturated carbocycles. The molecule has 1 aromatic rings. The van der Waals surface area contributed by atoms with Crippen LogP contribution in [0.4, 0.5) is 0 Å². The topological polar surface area (TPSA) is 77.4 Å². The third kappa shape index (κ3) is 5.18. The molecule has 2 aliphatic heterocycles. The van der Waals surface area contributed by atoms with Crippen LogP contribution in [0.15, 0.2) is 47.1 Å². The Hall–Kier alpha value is -2.74. The number of thioether (sulfide) groups is 1. The fourth-order valence-electron chi connectivity index (χ4n) is 3.59. The number of fused-ring (bicyclic) bond motifs is 1. The van der Waals surface area contributed by atoms with Crippen LogP contribution in [0.3, 0.4) is 0 Å². The van der Waals surface area contributed by atoms with E-state index in [0.29, 0.717) is 53.3 Å². The van der Waals surface area contributed by atoms with Gasteiger partial charge in [0.25, 0.3) is 0 Å². The number of amidine groups is 1. The molecular weight excluding hydrogens is 428 g/mol. The van der Waals surface area contributed by atoms with Gasteiger partial charge in [-0.25, -0.2) is 9.79 Å². The van der Waals surface area contributed by atoms with Crippen molar-refractivity contribution < 1.29 is 23.8 Å². The molecule has 1 amide bonds. The number of allylic oxidation sites excluding steroid dienone is 1. The molecule has 8 heteroatoms. The van der Waals surface area contributed by atoms with Gasteiger partial charge in [0.05, 0.1) is 30.5 Å². The van der Waals surface area contributed by atoms with Gasteiger partial charge in [-0.3, -0.25) is 9.69 Å². The van der Waals surface area contributed by atoms with E-state index in [1.165, 1.54) is 17.8 Å². The number of ether oxygens (including phenoxy) is 3. The van der Waals surface area contributed by atoms with Crippen LogP contribution >= 0.6 is 11.8 Å². The molecule has 0 aliphatic carbocycles. The zero-order chi connectivity index (χ0) is 23.1.